The highest BCUT2D eigenvalue weighted by atomic mass is 32.1. The van der Waals surface area contributed by atoms with E-state index in [-0.39, 0.29) is 11.5 Å². The predicted molar refractivity (Wildman–Crippen MR) is 111 cm³/mol. The molecule has 0 unspecified atom stereocenters. The number of carbonyl (C=O) groups is 2. The first kappa shape index (κ1) is 19.5. The lowest BCUT2D eigenvalue weighted by atomic mass is 10.1. The average Bonchev–Trinajstić information content (AvgIpc) is 3.10. The SMILES string of the molecule is CC(=O)Nc1ccc(-c2csc(NC(=O)c3ccc(N(C)C)c(F)c3)n2)cc1. The van der Waals surface area contributed by atoms with Crippen molar-refractivity contribution in [2.45, 2.75) is 6.92 Å². The van der Waals surface area contributed by atoms with E-state index in [0.29, 0.717) is 22.2 Å². The summed E-state index contributed by atoms with van der Waals surface area (Å²) in [5, 5.41) is 7.63. The van der Waals surface area contributed by atoms with Crippen molar-refractivity contribution in [3.63, 3.8) is 0 Å². The Balaban J connectivity index is 1.71. The summed E-state index contributed by atoms with van der Waals surface area (Å²) >= 11 is 1.28. The zero-order chi connectivity index (χ0) is 20.3. The maximum atomic E-state index is 14.1. The van der Waals surface area contributed by atoms with Crippen LogP contribution in [0, 0.1) is 5.82 Å². The van der Waals surface area contributed by atoms with Crippen molar-refractivity contribution in [3.8, 4) is 11.3 Å². The summed E-state index contributed by atoms with van der Waals surface area (Å²) in [7, 11) is 3.47. The Morgan fingerprint density at radius 2 is 1.79 bits per heavy atom. The van der Waals surface area contributed by atoms with E-state index in [9.17, 15) is 14.0 Å². The van der Waals surface area contributed by atoms with Crippen LogP contribution in [-0.2, 0) is 4.79 Å². The highest BCUT2D eigenvalue weighted by molar-refractivity contribution is 7.14. The number of hydrogen-bond acceptors (Lipinski definition) is 5. The molecule has 6 nitrogen and oxygen atoms in total. The summed E-state index contributed by atoms with van der Waals surface area (Å²) in [4.78, 5) is 29.5. The van der Waals surface area contributed by atoms with Crippen molar-refractivity contribution in [1.82, 2.24) is 4.98 Å². The fourth-order valence-corrected chi connectivity index (χ4v) is 3.29. The Hall–Kier alpha value is -3.26. The second-order valence-corrected chi connectivity index (χ2v) is 7.17. The average molecular weight is 398 g/mol. The van der Waals surface area contributed by atoms with E-state index in [1.54, 1.807) is 43.3 Å². The molecule has 2 N–H and O–H groups in total. The van der Waals surface area contributed by atoms with E-state index in [1.165, 1.54) is 24.3 Å². The van der Waals surface area contributed by atoms with E-state index < -0.39 is 11.7 Å². The number of rotatable bonds is 5. The molecule has 3 rings (SSSR count). The second kappa shape index (κ2) is 8.18. The highest BCUT2D eigenvalue weighted by Gasteiger charge is 2.13. The molecule has 0 saturated carbocycles. The summed E-state index contributed by atoms with van der Waals surface area (Å²) in [5.74, 6) is -1.02. The van der Waals surface area contributed by atoms with Crippen LogP contribution in [0.1, 0.15) is 17.3 Å². The minimum absolute atomic E-state index is 0.138. The molecular weight excluding hydrogens is 379 g/mol. The molecule has 0 aliphatic rings. The highest BCUT2D eigenvalue weighted by Crippen LogP contribution is 2.27. The van der Waals surface area contributed by atoms with Crippen molar-refractivity contribution >= 4 is 39.7 Å². The van der Waals surface area contributed by atoms with Crippen LogP contribution in [0.3, 0.4) is 0 Å². The number of nitrogens with one attached hydrogen (secondary N) is 2. The van der Waals surface area contributed by atoms with Gasteiger partial charge in [-0.1, -0.05) is 12.1 Å². The van der Waals surface area contributed by atoms with Crippen LogP contribution < -0.4 is 15.5 Å². The van der Waals surface area contributed by atoms with Gasteiger partial charge in [-0.3, -0.25) is 14.9 Å². The van der Waals surface area contributed by atoms with Crippen molar-refractivity contribution in [1.29, 1.82) is 0 Å². The number of carbonyl (C=O) groups excluding carboxylic acids is 2. The minimum atomic E-state index is -0.461. The molecular formula is C20H19FN4O2S. The van der Waals surface area contributed by atoms with Gasteiger partial charge in [-0.15, -0.1) is 11.3 Å². The first-order chi connectivity index (χ1) is 13.3. The van der Waals surface area contributed by atoms with Crippen molar-refractivity contribution in [3.05, 3.63) is 59.2 Å². The van der Waals surface area contributed by atoms with Crippen LogP contribution in [0.25, 0.3) is 11.3 Å². The normalized spacial score (nSPS) is 10.4. The number of benzene rings is 2. The summed E-state index contributed by atoms with van der Waals surface area (Å²) in [5.41, 5.74) is 2.88. The number of aromatic nitrogens is 1. The van der Waals surface area contributed by atoms with Crippen molar-refractivity contribution in [2.75, 3.05) is 29.6 Å². The number of anilines is 3. The Morgan fingerprint density at radius 3 is 2.39 bits per heavy atom. The molecule has 1 aromatic heterocycles. The van der Waals surface area contributed by atoms with Gasteiger partial charge in [0.2, 0.25) is 5.91 Å². The van der Waals surface area contributed by atoms with Crippen LogP contribution in [0.2, 0.25) is 0 Å². The lowest BCUT2D eigenvalue weighted by Crippen LogP contribution is -2.14. The van der Waals surface area contributed by atoms with E-state index >= 15 is 0 Å². The van der Waals surface area contributed by atoms with Crippen LogP contribution >= 0.6 is 11.3 Å². The zero-order valence-electron chi connectivity index (χ0n) is 15.6. The lowest BCUT2D eigenvalue weighted by Gasteiger charge is -2.13. The van der Waals surface area contributed by atoms with Gasteiger partial charge in [0.25, 0.3) is 5.91 Å². The Morgan fingerprint density at radius 1 is 1.07 bits per heavy atom. The lowest BCUT2D eigenvalue weighted by molar-refractivity contribution is -0.114. The molecule has 3 aromatic rings. The minimum Gasteiger partial charge on any atom is -0.375 e. The number of halogens is 1. The zero-order valence-corrected chi connectivity index (χ0v) is 16.4. The fraction of sp³-hybridized carbons (Fsp3) is 0.150. The molecule has 0 aliphatic heterocycles. The molecule has 28 heavy (non-hydrogen) atoms. The molecule has 8 heteroatoms. The molecule has 1 heterocycles. The third-order valence-corrected chi connectivity index (χ3v) is 4.68. The van der Waals surface area contributed by atoms with E-state index in [2.05, 4.69) is 15.6 Å². The van der Waals surface area contributed by atoms with Gasteiger partial charge >= 0.3 is 0 Å². The predicted octanol–water partition coefficient (Wildman–Crippen LogP) is 4.23. The topological polar surface area (TPSA) is 74.3 Å². The Labute approximate surface area is 166 Å². The van der Waals surface area contributed by atoms with Gasteiger partial charge in [-0.2, -0.15) is 0 Å². The Kier molecular flexibility index (Phi) is 5.70. The van der Waals surface area contributed by atoms with Gasteiger partial charge in [-0.25, -0.2) is 9.37 Å². The van der Waals surface area contributed by atoms with Crippen LogP contribution in [0.15, 0.2) is 47.8 Å². The molecule has 0 aliphatic carbocycles. The summed E-state index contributed by atoms with van der Waals surface area (Å²) in [6.07, 6.45) is 0. The molecule has 0 saturated heterocycles. The van der Waals surface area contributed by atoms with Gasteiger partial charge in [0.15, 0.2) is 5.13 Å². The van der Waals surface area contributed by atoms with Gasteiger partial charge in [0.05, 0.1) is 11.4 Å². The standard InChI is InChI=1S/C20H19FN4O2S/c1-12(26)22-15-7-4-13(5-8-15)17-11-28-20(23-17)24-19(27)14-6-9-18(25(2)3)16(21)10-14/h4-11H,1-3H3,(H,22,26)(H,23,24,27). The van der Waals surface area contributed by atoms with E-state index in [4.69, 9.17) is 0 Å². The van der Waals surface area contributed by atoms with Crippen LogP contribution in [0.4, 0.5) is 20.9 Å². The van der Waals surface area contributed by atoms with Crippen molar-refractivity contribution < 1.29 is 14.0 Å². The number of thiazole rings is 1. The number of nitrogens with zero attached hydrogens (tertiary/aromatic N) is 2. The van der Waals surface area contributed by atoms with E-state index in [1.807, 2.05) is 17.5 Å². The van der Waals surface area contributed by atoms with Crippen LogP contribution in [-0.4, -0.2) is 30.9 Å². The third-order valence-electron chi connectivity index (χ3n) is 3.92. The monoisotopic (exact) mass is 398 g/mol. The summed E-state index contributed by atoms with van der Waals surface area (Å²) < 4.78 is 14.1. The van der Waals surface area contributed by atoms with Crippen molar-refractivity contribution in [2.24, 2.45) is 0 Å². The Bertz CT molecular complexity index is 1020. The maximum Gasteiger partial charge on any atom is 0.257 e. The first-order valence-corrected chi connectivity index (χ1v) is 9.33. The molecule has 2 amide bonds. The number of amides is 2. The van der Waals surface area contributed by atoms with Gasteiger partial charge < -0.3 is 10.2 Å². The van der Waals surface area contributed by atoms with Gasteiger partial charge in [0, 0.05) is 43.2 Å². The molecule has 0 bridgehead atoms. The summed E-state index contributed by atoms with van der Waals surface area (Å²) in [6, 6.07) is 11.6. The van der Waals surface area contributed by atoms with Gasteiger partial charge in [-0.05, 0) is 30.3 Å². The maximum absolute atomic E-state index is 14.1. The molecule has 0 atom stereocenters. The largest absolute Gasteiger partial charge is 0.375 e. The molecule has 0 spiro atoms. The first-order valence-electron chi connectivity index (χ1n) is 8.45. The third kappa shape index (κ3) is 4.52. The van der Waals surface area contributed by atoms with E-state index in [0.717, 1.165) is 5.56 Å². The smallest absolute Gasteiger partial charge is 0.257 e. The second-order valence-electron chi connectivity index (χ2n) is 6.31. The quantitative estimate of drug-likeness (QED) is 0.675. The molecule has 0 fully saturated rings. The number of hydrogen-bond donors (Lipinski definition) is 2. The van der Waals surface area contributed by atoms with Crippen LogP contribution in [0.5, 0.6) is 0 Å². The molecule has 144 valence electrons. The molecule has 0 radical (unpaired) electrons. The summed E-state index contributed by atoms with van der Waals surface area (Å²) in [6.45, 7) is 1.45. The molecule has 2 aromatic carbocycles. The fourth-order valence-electron chi connectivity index (χ4n) is 2.57. The van der Waals surface area contributed by atoms with Gasteiger partial charge in [0.1, 0.15) is 5.82 Å².